The van der Waals surface area contributed by atoms with Gasteiger partial charge in [0, 0.05) is 25.4 Å². The van der Waals surface area contributed by atoms with Crippen LogP contribution in [0.25, 0.3) is 10.9 Å². The molecule has 172 valence electrons. The first-order valence-electron chi connectivity index (χ1n) is 10.2. The van der Waals surface area contributed by atoms with Crippen molar-refractivity contribution in [2.75, 3.05) is 25.1 Å². The van der Waals surface area contributed by atoms with Crippen molar-refractivity contribution < 1.29 is 32.3 Å². The molecule has 1 aromatic carbocycles. The van der Waals surface area contributed by atoms with Gasteiger partial charge in [-0.3, -0.25) is 4.79 Å². The molecular formula is C22H24F3N3O4. The van der Waals surface area contributed by atoms with Gasteiger partial charge in [-0.25, -0.2) is 4.98 Å². The van der Waals surface area contributed by atoms with E-state index in [1.165, 1.54) is 18.3 Å². The molecule has 0 bridgehead atoms. The van der Waals surface area contributed by atoms with Crippen LogP contribution in [0.2, 0.25) is 0 Å². The third kappa shape index (κ3) is 5.49. The number of anilines is 1. The van der Waals surface area contributed by atoms with Crippen molar-refractivity contribution >= 4 is 22.7 Å². The Bertz CT molecular complexity index is 1060. The molecule has 0 unspecified atom stereocenters. The molecule has 2 heterocycles. The van der Waals surface area contributed by atoms with Gasteiger partial charge in [0.05, 0.1) is 18.4 Å². The summed E-state index contributed by atoms with van der Waals surface area (Å²) in [6, 6.07) is 6.35. The van der Waals surface area contributed by atoms with Crippen molar-refractivity contribution in [1.82, 2.24) is 10.1 Å². The number of aliphatic carboxylic acids is 1. The minimum absolute atomic E-state index is 0.0644. The molecule has 0 radical (unpaired) electrons. The Labute approximate surface area is 182 Å². The number of rotatable bonds is 10. The Morgan fingerprint density at radius 3 is 2.66 bits per heavy atom. The number of ether oxygens (including phenoxy) is 1. The van der Waals surface area contributed by atoms with Crippen molar-refractivity contribution in [2.45, 2.75) is 38.8 Å². The molecule has 2 aromatic heterocycles. The maximum atomic E-state index is 13.1. The number of nitrogens with zero attached hydrogens (tertiary/aromatic N) is 3. The molecule has 32 heavy (non-hydrogen) atoms. The number of alkyl halides is 3. The van der Waals surface area contributed by atoms with Crippen LogP contribution in [0.15, 0.2) is 35.0 Å². The molecule has 0 atom stereocenters. The molecular weight excluding hydrogens is 427 g/mol. The van der Waals surface area contributed by atoms with E-state index in [9.17, 15) is 18.0 Å². The summed E-state index contributed by atoms with van der Waals surface area (Å²) in [4.78, 5) is 16.9. The second-order valence-electron chi connectivity index (χ2n) is 7.42. The van der Waals surface area contributed by atoms with Crippen LogP contribution in [0.4, 0.5) is 19.0 Å². The van der Waals surface area contributed by atoms with Gasteiger partial charge in [-0.15, -0.1) is 0 Å². The summed E-state index contributed by atoms with van der Waals surface area (Å²) in [5.41, 5.74) is 1.41. The monoisotopic (exact) mass is 451 g/mol. The molecule has 0 aliphatic carbocycles. The average Bonchev–Trinajstić information content (AvgIpc) is 3.17. The number of carbonyl (C=O) groups is 1. The fourth-order valence-corrected chi connectivity index (χ4v) is 3.40. The predicted octanol–water partition coefficient (Wildman–Crippen LogP) is 4.73. The molecule has 0 aliphatic heterocycles. The highest BCUT2D eigenvalue weighted by atomic mass is 19.4. The van der Waals surface area contributed by atoms with Crippen LogP contribution in [0, 0.1) is 0 Å². The van der Waals surface area contributed by atoms with Crippen LogP contribution >= 0.6 is 0 Å². The van der Waals surface area contributed by atoms with E-state index in [1.54, 1.807) is 12.1 Å². The molecule has 0 aliphatic rings. The first kappa shape index (κ1) is 23.4. The number of pyridine rings is 1. The standard InChI is InChI=1S/C22H24F3N3O4/c1-3-5-15-17(8-7-16-20(15)27-32-21(16)22(23,24)25)31-11-4-10-28(2)18-9-6-14(13-26-18)12-19(29)30/h6-9,13H,3-5,10-12H2,1-2H3,(H,29,30). The molecule has 0 saturated heterocycles. The Kier molecular flexibility index (Phi) is 7.22. The molecule has 10 heteroatoms. The number of benzene rings is 1. The van der Waals surface area contributed by atoms with E-state index >= 15 is 0 Å². The number of carboxylic acid groups (broad SMARTS) is 1. The zero-order chi connectivity index (χ0) is 23.3. The van der Waals surface area contributed by atoms with Gasteiger partial charge in [-0.05, 0) is 36.6 Å². The van der Waals surface area contributed by atoms with Crippen molar-refractivity contribution in [2.24, 2.45) is 0 Å². The normalized spacial score (nSPS) is 11.7. The van der Waals surface area contributed by atoms with Gasteiger partial charge in [0.1, 0.15) is 17.1 Å². The maximum absolute atomic E-state index is 13.1. The van der Waals surface area contributed by atoms with E-state index in [2.05, 4.69) is 14.7 Å². The van der Waals surface area contributed by atoms with Crippen molar-refractivity contribution in [1.29, 1.82) is 0 Å². The highest BCUT2D eigenvalue weighted by Gasteiger charge is 2.38. The Balaban J connectivity index is 1.62. The lowest BCUT2D eigenvalue weighted by Gasteiger charge is -2.19. The molecule has 7 nitrogen and oxygen atoms in total. The third-order valence-electron chi connectivity index (χ3n) is 4.92. The van der Waals surface area contributed by atoms with E-state index in [1.807, 2.05) is 18.9 Å². The van der Waals surface area contributed by atoms with E-state index < -0.39 is 17.9 Å². The smallest absolute Gasteiger partial charge is 0.453 e. The zero-order valence-electron chi connectivity index (χ0n) is 17.8. The van der Waals surface area contributed by atoms with E-state index in [-0.39, 0.29) is 17.3 Å². The second-order valence-corrected chi connectivity index (χ2v) is 7.42. The molecule has 0 saturated carbocycles. The van der Waals surface area contributed by atoms with Crippen LogP contribution in [0.5, 0.6) is 5.75 Å². The highest BCUT2D eigenvalue weighted by Crippen LogP contribution is 2.38. The van der Waals surface area contributed by atoms with Crippen LogP contribution in [0.3, 0.4) is 0 Å². The van der Waals surface area contributed by atoms with E-state index in [4.69, 9.17) is 9.84 Å². The van der Waals surface area contributed by atoms with E-state index in [0.29, 0.717) is 48.7 Å². The Morgan fingerprint density at radius 2 is 2.03 bits per heavy atom. The largest absolute Gasteiger partial charge is 0.493 e. The van der Waals surface area contributed by atoms with E-state index in [0.717, 1.165) is 6.42 Å². The minimum atomic E-state index is -4.61. The van der Waals surface area contributed by atoms with Gasteiger partial charge in [-0.1, -0.05) is 24.6 Å². The number of hydrogen-bond acceptors (Lipinski definition) is 6. The lowest BCUT2D eigenvalue weighted by atomic mass is 10.0. The molecule has 0 fully saturated rings. The molecule has 1 N–H and O–H groups in total. The summed E-state index contributed by atoms with van der Waals surface area (Å²) in [7, 11) is 1.86. The van der Waals surface area contributed by atoms with Crippen molar-refractivity contribution in [3.63, 3.8) is 0 Å². The van der Waals surface area contributed by atoms with Gasteiger partial charge in [0.25, 0.3) is 0 Å². The summed E-state index contributed by atoms with van der Waals surface area (Å²) < 4.78 is 49.8. The molecule has 0 spiro atoms. The summed E-state index contributed by atoms with van der Waals surface area (Å²) in [6.45, 7) is 2.91. The first-order chi connectivity index (χ1) is 15.2. The van der Waals surface area contributed by atoms with Gasteiger partial charge in [0.15, 0.2) is 0 Å². The first-order valence-corrected chi connectivity index (χ1v) is 10.2. The van der Waals surface area contributed by atoms with Gasteiger partial charge in [-0.2, -0.15) is 13.2 Å². The lowest BCUT2D eigenvalue weighted by Crippen LogP contribution is -2.21. The fourth-order valence-electron chi connectivity index (χ4n) is 3.40. The Morgan fingerprint density at radius 1 is 1.25 bits per heavy atom. The highest BCUT2D eigenvalue weighted by molar-refractivity contribution is 5.86. The Hall–Kier alpha value is -3.30. The number of aromatic nitrogens is 2. The SMILES string of the molecule is CCCc1c(OCCCN(C)c2ccc(CC(=O)O)cn2)ccc2c(C(F)(F)F)onc12. The maximum Gasteiger partial charge on any atom is 0.453 e. The second kappa shape index (κ2) is 9.88. The minimum Gasteiger partial charge on any atom is -0.493 e. The van der Waals surface area contributed by atoms with Gasteiger partial charge >= 0.3 is 12.1 Å². The van der Waals surface area contributed by atoms with Crippen LogP contribution < -0.4 is 9.64 Å². The zero-order valence-corrected chi connectivity index (χ0v) is 17.8. The quantitative estimate of drug-likeness (QED) is 0.446. The van der Waals surface area contributed by atoms with Crippen molar-refractivity contribution in [3.8, 4) is 5.75 Å². The summed E-state index contributed by atoms with van der Waals surface area (Å²) in [6.07, 6.45) is -1.27. The van der Waals surface area contributed by atoms with Crippen molar-refractivity contribution in [3.05, 3.63) is 47.3 Å². The summed E-state index contributed by atoms with van der Waals surface area (Å²) in [5, 5.41) is 12.4. The third-order valence-corrected chi connectivity index (χ3v) is 4.92. The fraction of sp³-hybridized carbons (Fsp3) is 0.409. The van der Waals surface area contributed by atoms with Crippen LogP contribution in [0.1, 0.15) is 36.7 Å². The molecule has 0 amide bonds. The molecule has 3 rings (SSSR count). The lowest BCUT2D eigenvalue weighted by molar-refractivity contribution is -0.154. The van der Waals surface area contributed by atoms with Gasteiger partial charge in [0.2, 0.25) is 5.76 Å². The number of fused-ring (bicyclic) bond motifs is 1. The number of carboxylic acids is 1. The summed E-state index contributed by atoms with van der Waals surface area (Å²) in [5.74, 6) is -0.805. The summed E-state index contributed by atoms with van der Waals surface area (Å²) >= 11 is 0. The predicted molar refractivity (Wildman–Crippen MR) is 112 cm³/mol. The number of hydrogen-bond donors (Lipinski definition) is 1. The average molecular weight is 451 g/mol. The number of aryl methyl sites for hydroxylation is 1. The van der Waals surface area contributed by atoms with Crippen LogP contribution in [-0.2, 0) is 23.8 Å². The van der Waals surface area contributed by atoms with Crippen LogP contribution in [-0.4, -0.2) is 41.4 Å². The topological polar surface area (TPSA) is 88.7 Å². The molecule has 3 aromatic rings. The number of halogens is 3. The van der Waals surface area contributed by atoms with Gasteiger partial charge < -0.3 is 19.3 Å².